The first-order valence-corrected chi connectivity index (χ1v) is 6.02. The van der Waals surface area contributed by atoms with Crippen molar-refractivity contribution in [2.24, 2.45) is 0 Å². The number of nitrogens with zero attached hydrogens (tertiary/aromatic N) is 2. The van der Waals surface area contributed by atoms with Crippen LogP contribution in [0.1, 0.15) is 5.56 Å². The maximum absolute atomic E-state index is 10.1. The summed E-state index contributed by atoms with van der Waals surface area (Å²) in [4.78, 5) is 12.0. The summed E-state index contributed by atoms with van der Waals surface area (Å²) in [5.41, 5.74) is 2.98. The predicted octanol–water partition coefficient (Wildman–Crippen LogP) is 2.68. The molecule has 5 heteroatoms. The number of phenolic OH excluding ortho intramolecular Hbond substituents is 1. The van der Waals surface area contributed by atoms with Gasteiger partial charge in [0.2, 0.25) is 0 Å². The molecule has 0 amide bonds. The van der Waals surface area contributed by atoms with Gasteiger partial charge in [0.05, 0.1) is 11.1 Å². The molecule has 1 aromatic carbocycles. The number of benzene rings is 1. The van der Waals surface area contributed by atoms with Crippen molar-refractivity contribution < 1.29 is 5.11 Å². The first kappa shape index (κ1) is 11.5. The van der Waals surface area contributed by atoms with Crippen LogP contribution in [-0.2, 0) is 0 Å². The summed E-state index contributed by atoms with van der Waals surface area (Å²) in [6.45, 7) is 1.86. The van der Waals surface area contributed by atoms with E-state index >= 15 is 0 Å². The number of para-hydroxylation sites is 1. The second kappa shape index (κ2) is 4.28. The van der Waals surface area contributed by atoms with Crippen molar-refractivity contribution in [3.05, 3.63) is 35.9 Å². The minimum atomic E-state index is 0.246. The van der Waals surface area contributed by atoms with Crippen molar-refractivity contribution >= 4 is 17.0 Å². The van der Waals surface area contributed by atoms with E-state index in [2.05, 4.69) is 20.3 Å². The number of anilines is 1. The van der Waals surface area contributed by atoms with Gasteiger partial charge in [-0.2, -0.15) is 0 Å². The lowest BCUT2D eigenvalue weighted by molar-refractivity contribution is 0.473. The molecule has 0 radical (unpaired) electrons. The van der Waals surface area contributed by atoms with Crippen molar-refractivity contribution in [2.75, 3.05) is 12.4 Å². The van der Waals surface area contributed by atoms with Crippen LogP contribution in [0.15, 0.2) is 30.3 Å². The average molecular weight is 254 g/mol. The second-order valence-corrected chi connectivity index (χ2v) is 4.37. The maximum atomic E-state index is 10.1. The van der Waals surface area contributed by atoms with E-state index in [1.165, 1.54) is 0 Å². The number of nitrogens with one attached hydrogen (secondary N) is 2. The lowest BCUT2D eigenvalue weighted by Crippen LogP contribution is -1.91. The highest BCUT2D eigenvalue weighted by Crippen LogP contribution is 2.30. The van der Waals surface area contributed by atoms with E-state index in [9.17, 15) is 5.11 Å². The Bertz CT molecular complexity index is 748. The van der Waals surface area contributed by atoms with Crippen molar-refractivity contribution in [3.63, 3.8) is 0 Å². The Balaban J connectivity index is 2.18. The number of imidazole rings is 1. The van der Waals surface area contributed by atoms with Gasteiger partial charge in [-0.05, 0) is 30.7 Å². The van der Waals surface area contributed by atoms with Gasteiger partial charge >= 0.3 is 0 Å². The monoisotopic (exact) mass is 254 g/mol. The topological polar surface area (TPSA) is 73.8 Å². The fourth-order valence-electron chi connectivity index (χ4n) is 2.01. The second-order valence-electron chi connectivity index (χ2n) is 4.37. The molecule has 19 heavy (non-hydrogen) atoms. The number of fused-ring (bicyclic) bond motifs is 1. The molecule has 3 N–H and O–H groups in total. The highest BCUT2D eigenvalue weighted by molar-refractivity contribution is 5.79. The molecular weight excluding hydrogens is 240 g/mol. The molecule has 0 saturated heterocycles. The normalized spacial score (nSPS) is 10.8. The van der Waals surface area contributed by atoms with Crippen molar-refractivity contribution in [3.8, 4) is 17.1 Å². The standard InChI is InChI=1S/C14H14N4O/c1-8-4-3-5-9(12(8)19)13-16-10-6-7-11(15-2)17-14(10)18-13/h3-7,19H,1-2H3,(H2,15,16,17,18). The molecule has 0 aliphatic heterocycles. The predicted molar refractivity (Wildman–Crippen MR) is 75.3 cm³/mol. The smallest absolute Gasteiger partial charge is 0.180 e. The van der Waals surface area contributed by atoms with Gasteiger partial charge in [-0.25, -0.2) is 9.97 Å². The first-order chi connectivity index (χ1) is 9.19. The number of phenols is 1. The third kappa shape index (κ3) is 1.89. The van der Waals surface area contributed by atoms with E-state index in [-0.39, 0.29) is 5.75 Å². The Kier molecular flexibility index (Phi) is 2.59. The molecule has 0 unspecified atom stereocenters. The van der Waals surface area contributed by atoms with Gasteiger partial charge < -0.3 is 15.4 Å². The molecule has 2 heterocycles. The Morgan fingerprint density at radius 1 is 1.16 bits per heavy atom. The number of hydrogen-bond acceptors (Lipinski definition) is 4. The molecule has 5 nitrogen and oxygen atoms in total. The summed E-state index contributed by atoms with van der Waals surface area (Å²) in [6.07, 6.45) is 0. The van der Waals surface area contributed by atoms with Crippen LogP contribution in [0.25, 0.3) is 22.6 Å². The van der Waals surface area contributed by atoms with Crippen molar-refractivity contribution in [1.82, 2.24) is 15.0 Å². The summed E-state index contributed by atoms with van der Waals surface area (Å²) in [7, 11) is 1.81. The van der Waals surface area contributed by atoms with E-state index < -0.39 is 0 Å². The zero-order valence-electron chi connectivity index (χ0n) is 10.7. The Morgan fingerprint density at radius 2 is 2.00 bits per heavy atom. The van der Waals surface area contributed by atoms with Crippen molar-refractivity contribution in [2.45, 2.75) is 6.92 Å². The van der Waals surface area contributed by atoms with Crippen LogP contribution in [0, 0.1) is 6.92 Å². The van der Waals surface area contributed by atoms with Gasteiger partial charge in [0.1, 0.15) is 17.4 Å². The summed E-state index contributed by atoms with van der Waals surface area (Å²) < 4.78 is 0. The Morgan fingerprint density at radius 3 is 2.79 bits per heavy atom. The van der Waals surface area contributed by atoms with Crippen LogP contribution in [0.4, 0.5) is 5.82 Å². The third-order valence-electron chi connectivity index (χ3n) is 3.09. The average Bonchev–Trinajstić information content (AvgIpc) is 2.84. The third-order valence-corrected chi connectivity index (χ3v) is 3.09. The van der Waals surface area contributed by atoms with Gasteiger partial charge in [0, 0.05) is 7.05 Å². The minimum Gasteiger partial charge on any atom is -0.507 e. The molecule has 3 aromatic rings. The van der Waals surface area contributed by atoms with E-state index in [1.54, 1.807) is 0 Å². The summed E-state index contributed by atoms with van der Waals surface area (Å²) in [5, 5.41) is 13.1. The summed E-state index contributed by atoms with van der Waals surface area (Å²) >= 11 is 0. The Hall–Kier alpha value is -2.56. The molecule has 0 atom stereocenters. The summed E-state index contributed by atoms with van der Waals surface area (Å²) in [5.74, 6) is 1.63. The fourth-order valence-corrected chi connectivity index (χ4v) is 2.01. The molecule has 96 valence electrons. The number of hydrogen-bond donors (Lipinski definition) is 3. The number of aryl methyl sites for hydroxylation is 1. The molecule has 0 spiro atoms. The van der Waals surface area contributed by atoms with E-state index in [0.717, 1.165) is 16.9 Å². The van der Waals surface area contributed by atoms with Crippen LogP contribution < -0.4 is 5.32 Å². The number of pyridine rings is 1. The number of aromatic nitrogens is 3. The molecule has 0 bridgehead atoms. The number of rotatable bonds is 2. The van der Waals surface area contributed by atoms with Gasteiger partial charge in [-0.1, -0.05) is 12.1 Å². The summed E-state index contributed by atoms with van der Waals surface area (Å²) in [6, 6.07) is 9.37. The molecule has 0 aliphatic carbocycles. The zero-order valence-corrected chi connectivity index (χ0v) is 10.7. The van der Waals surface area contributed by atoms with E-state index in [1.807, 2.05) is 44.3 Å². The number of H-pyrrole nitrogens is 1. The molecule has 3 rings (SSSR count). The van der Waals surface area contributed by atoms with Crippen LogP contribution in [-0.4, -0.2) is 27.1 Å². The number of aromatic amines is 1. The van der Waals surface area contributed by atoms with Crippen LogP contribution in [0.5, 0.6) is 5.75 Å². The van der Waals surface area contributed by atoms with Crippen LogP contribution >= 0.6 is 0 Å². The fraction of sp³-hybridized carbons (Fsp3) is 0.143. The molecule has 2 aromatic heterocycles. The molecule has 0 fully saturated rings. The SMILES string of the molecule is CNc1ccc2[nH]c(-c3cccc(C)c3O)nc2n1. The Labute approximate surface area is 110 Å². The molecule has 0 aliphatic rings. The minimum absolute atomic E-state index is 0.246. The number of aromatic hydroxyl groups is 1. The van der Waals surface area contributed by atoms with E-state index in [0.29, 0.717) is 17.0 Å². The van der Waals surface area contributed by atoms with Crippen LogP contribution in [0.2, 0.25) is 0 Å². The largest absolute Gasteiger partial charge is 0.507 e. The highest BCUT2D eigenvalue weighted by atomic mass is 16.3. The van der Waals surface area contributed by atoms with Gasteiger partial charge in [-0.15, -0.1) is 0 Å². The molecular formula is C14H14N4O. The lowest BCUT2D eigenvalue weighted by Gasteiger charge is -2.03. The molecule has 0 saturated carbocycles. The highest BCUT2D eigenvalue weighted by Gasteiger charge is 2.11. The van der Waals surface area contributed by atoms with Crippen LogP contribution in [0.3, 0.4) is 0 Å². The lowest BCUT2D eigenvalue weighted by atomic mass is 10.1. The maximum Gasteiger partial charge on any atom is 0.180 e. The van der Waals surface area contributed by atoms with E-state index in [4.69, 9.17) is 0 Å². The van der Waals surface area contributed by atoms with Gasteiger partial charge in [0.25, 0.3) is 0 Å². The van der Waals surface area contributed by atoms with Crippen molar-refractivity contribution in [1.29, 1.82) is 0 Å². The van der Waals surface area contributed by atoms with Gasteiger partial charge in [0.15, 0.2) is 5.65 Å². The first-order valence-electron chi connectivity index (χ1n) is 6.02. The van der Waals surface area contributed by atoms with Gasteiger partial charge in [-0.3, -0.25) is 0 Å². The quantitative estimate of drug-likeness (QED) is 0.657. The zero-order chi connectivity index (χ0) is 13.4.